The normalized spacial score (nSPS) is 8.83. The molecule has 12 heavy (non-hydrogen) atoms. The molecule has 0 rings (SSSR count). The van der Waals surface area contributed by atoms with Gasteiger partial charge in [0.1, 0.15) is 0 Å². The van der Waals surface area contributed by atoms with Crippen LogP contribution in [0.5, 0.6) is 0 Å². The standard InChI is InChI=1S/C7H13N2O2P/c1-6(2)4-9(12)7(11)3-8-5-10/h5H,1,3-4,12H2,2H3,(H,8,10). The Morgan fingerprint density at radius 2 is 2.33 bits per heavy atom. The third-order valence-corrected chi connectivity index (χ3v) is 1.57. The molecule has 0 saturated carbocycles. The lowest BCUT2D eigenvalue weighted by molar-refractivity contribution is -0.126. The van der Waals surface area contributed by atoms with Crippen molar-refractivity contribution < 1.29 is 9.59 Å². The summed E-state index contributed by atoms with van der Waals surface area (Å²) in [6.45, 7) is 6.01. The van der Waals surface area contributed by atoms with Gasteiger partial charge in [0.05, 0.1) is 6.54 Å². The van der Waals surface area contributed by atoms with Crippen molar-refractivity contribution in [3.8, 4) is 0 Å². The van der Waals surface area contributed by atoms with Crippen molar-refractivity contribution in [2.24, 2.45) is 0 Å². The van der Waals surface area contributed by atoms with Crippen LogP contribution in [-0.2, 0) is 9.59 Å². The maximum atomic E-state index is 11.1. The van der Waals surface area contributed by atoms with Gasteiger partial charge in [-0.1, -0.05) is 12.2 Å². The van der Waals surface area contributed by atoms with Crippen LogP contribution >= 0.6 is 9.39 Å². The number of carbonyl (C=O) groups is 2. The number of nitrogens with zero attached hydrogens (tertiary/aromatic N) is 1. The van der Waals surface area contributed by atoms with Crippen molar-refractivity contribution in [2.45, 2.75) is 6.92 Å². The fraction of sp³-hybridized carbons (Fsp3) is 0.429. The lowest BCUT2D eigenvalue weighted by Gasteiger charge is -2.15. The van der Waals surface area contributed by atoms with Crippen LogP contribution in [0.2, 0.25) is 0 Å². The fourth-order valence-electron chi connectivity index (χ4n) is 0.609. The Kier molecular flexibility index (Phi) is 5.30. The maximum Gasteiger partial charge on any atom is 0.245 e. The van der Waals surface area contributed by atoms with Gasteiger partial charge < -0.3 is 9.99 Å². The first kappa shape index (κ1) is 11.1. The Balaban J connectivity index is 3.76. The lowest BCUT2D eigenvalue weighted by Crippen LogP contribution is -2.32. The second-order valence-electron chi connectivity index (χ2n) is 2.48. The monoisotopic (exact) mass is 188 g/mol. The van der Waals surface area contributed by atoms with Crippen LogP contribution < -0.4 is 5.32 Å². The smallest absolute Gasteiger partial charge is 0.245 e. The van der Waals surface area contributed by atoms with Crippen molar-refractivity contribution in [1.29, 1.82) is 0 Å². The minimum Gasteiger partial charge on any atom is -0.350 e. The Morgan fingerprint density at radius 1 is 1.75 bits per heavy atom. The molecule has 4 nitrogen and oxygen atoms in total. The summed E-state index contributed by atoms with van der Waals surface area (Å²) in [7, 11) is 2.28. The average molecular weight is 188 g/mol. The zero-order chi connectivity index (χ0) is 9.56. The largest absolute Gasteiger partial charge is 0.350 e. The minimum atomic E-state index is -0.157. The fourth-order valence-corrected chi connectivity index (χ4v) is 1.01. The molecule has 5 heteroatoms. The average Bonchev–Trinajstić information content (AvgIpc) is 1.98. The van der Waals surface area contributed by atoms with Gasteiger partial charge in [-0.15, -0.1) is 0 Å². The van der Waals surface area contributed by atoms with Gasteiger partial charge >= 0.3 is 0 Å². The number of amides is 2. The summed E-state index contributed by atoms with van der Waals surface area (Å²) in [5, 5.41) is 2.29. The summed E-state index contributed by atoms with van der Waals surface area (Å²) in [5.41, 5.74) is 0.893. The van der Waals surface area contributed by atoms with E-state index in [1.165, 1.54) is 4.67 Å². The van der Waals surface area contributed by atoms with Gasteiger partial charge in [-0.25, -0.2) is 0 Å². The van der Waals surface area contributed by atoms with E-state index in [1.54, 1.807) is 0 Å². The third kappa shape index (κ3) is 4.85. The van der Waals surface area contributed by atoms with Gasteiger partial charge in [0, 0.05) is 6.54 Å². The highest BCUT2D eigenvalue weighted by Gasteiger charge is 2.06. The van der Waals surface area contributed by atoms with Gasteiger partial charge in [0.15, 0.2) is 0 Å². The molecule has 0 aromatic carbocycles. The van der Waals surface area contributed by atoms with E-state index >= 15 is 0 Å². The molecule has 0 fully saturated rings. The zero-order valence-corrected chi connectivity index (χ0v) is 8.19. The van der Waals surface area contributed by atoms with E-state index in [0.29, 0.717) is 13.0 Å². The molecule has 0 heterocycles. The molecule has 0 aliphatic heterocycles. The summed E-state index contributed by atoms with van der Waals surface area (Å²) < 4.78 is 1.43. The second kappa shape index (κ2) is 5.72. The SMILES string of the molecule is C=C(C)CN(P)C(=O)CNC=O. The Morgan fingerprint density at radius 3 is 2.75 bits per heavy atom. The van der Waals surface area contributed by atoms with E-state index in [-0.39, 0.29) is 12.5 Å². The van der Waals surface area contributed by atoms with Crippen molar-refractivity contribution in [1.82, 2.24) is 9.99 Å². The molecule has 0 spiro atoms. The molecule has 1 atom stereocenters. The topological polar surface area (TPSA) is 49.4 Å². The molecule has 0 radical (unpaired) electrons. The number of nitrogens with one attached hydrogen (secondary N) is 1. The highest BCUT2D eigenvalue weighted by molar-refractivity contribution is 7.14. The summed E-state index contributed by atoms with van der Waals surface area (Å²) in [6.07, 6.45) is 0.497. The predicted octanol–water partition coefficient (Wildman–Crippen LogP) is -0.0728. The summed E-state index contributed by atoms with van der Waals surface area (Å²) in [6, 6.07) is 0. The van der Waals surface area contributed by atoms with Gasteiger partial charge in [0.2, 0.25) is 12.3 Å². The van der Waals surface area contributed by atoms with Crippen LogP contribution in [0.25, 0.3) is 0 Å². The molecule has 1 unspecified atom stereocenters. The summed E-state index contributed by atoms with van der Waals surface area (Å²) in [4.78, 5) is 20.9. The predicted molar refractivity (Wildman–Crippen MR) is 50.3 cm³/mol. The van der Waals surface area contributed by atoms with E-state index in [2.05, 4.69) is 21.3 Å². The van der Waals surface area contributed by atoms with Crippen molar-refractivity contribution in [3.63, 3.8) is 0 Å². The Hall–Kier alpha value is -0.890. The molecule has 0 saturated heterocycles. The molecule has 0 aromatic rings. The van der Waals surface area contributed by atoms with Crippen molar-refractivity contribution >= 4 is 21.7 Å². The number of hydrogen-bond acceptors (Lipinski definition) is 2. The quantitative estimate of drug-likeness (QED) is 0.373. The first-order valence-corrected chi connectivity index (χ1v) is 3.96. The molecule has 2 amide bonds. The Bertz CT molecular complexity index is 194. The second-order valence-corrected chi connectivity index (χ2v) is 3.10. The van der Waals surface area contributed by atoms with E-state index < -0.39 is 0 Å². The van der Waals surface area contributed by atoms with Gasteiger partial charge in [-0.2, -0.15) is 0 Å². The number of hydrogen-bond donors (Lipinski definition) is 1. The highest BCUT2D eigenvalue weighted by atomic mass is 31.0. The molecular weight excluding hydrogens is 175 g/mol. The van der Waals surface area contributed by atoms with E-state index in [1.807, 2.05) is 6.92 Å². The molecule has 68 valence electrons. The highest BCUT2D eigenvalue weighted by Crippen LogP contribution is 2.02. The zero-order valence-electron chi connectivity index (χ0n) is 7.04. The van der Waals surface area contributed by atoms with Crippen LogP contribution in [0.15, 0.2) is 12.2 Å². The summed E-state index contributed by atoms with van der Waals surface area (Å²) >= 11 is 0. The molecule has 0 aromatic heterocycles. The van der Waals surface area contributed by atoms with Crippen LogP contribution in [-0.4, -0.2) is 30.1 Å². The first-order chi connectivity index (χ1) is 5.57. The van der Waals surface area contributed by atoms with Gasteiger partial charge in [-0.05, 0) is 16.3 Å². The molecule has 0 bridgehead atoms. The van der Waals surface area contributed by atoms with Crippen molar-refractivity contribution in [2.75, 3.05) is 13.1 Å². The van der Waals surface area contributed by atoms with E-state index in [4.69, 9.17) is 0 Å². The Labute approximate surface area is 74.3 Å². The van der Waals surface area contributed by atoms with Gasteiger partial charge in [0.25, 0.3) is 0 Å². The van der Waals surface area contributed by atoms with E-state index in [0.717, 1.165) is 5.57 Å². The van der Waals surface area contributed by atoms with Crippen LogP contribution in [0.4, 0.5) is 0 Å². The molecular formula is C7H13N2O2P. The molecule has 0 aliphatic carbocycles. The third-order valence-electron chi connectivity index (χ3n) is 1.10. The lowest BCUT2D eigenvalue weighted by atomic mass is 10.3. The van der Waals surface area contributed by atoms with Crippen LogP contribution in [0.1, 0.15) is 6.92 Å². The minimum absolute atomic E-state index is 0.0281. The summed E-state index contributed by atoms with van der Waals surface area (Å²) in [5.74, 6) is -0.157. The molecule has 0 aliphatic rings. The maximum absolute atomic E-state index is 11.1. The molecule has 1 N–H and O–H groups in total. The van der Waals surface area contributed by atoms with E-state index in [9.17, 15) is 9.59 Å². The van der Waals surface area contributed by atoms with Crippen molar-refractivity contribution in [3.05, 3.63) is 12.2 Å². The number of carbonyl (C=O) groups excluding carboxylic acids is 2. The number of rotatable bonds is 5. The van der Waals surface area contributed by atoms with Crippen LogP contribution in [0.3, 0.4) is 0 Å². The first-order valence-electron chi connectivity index (χ1n) is 3.44. The van der Waals surface area contributed by atoms with Gasteiger partial charge in [-0.3, -0.25) is 9.59 Å². The van der Waals surface area contributed by atoms with Crippen LogP contribution in [0, 0.1) is 0 Å².